The van der Waals surface area contributed by atoms with E-state index in [1.165, 1.54) is 29.7 Å². The Morgan fingerprint density at radius 1 is 1.00 bits per heavy atom. The highest BCUT2D eigenvalue weighted by Gasteiger charge is 2.22. The van der Waals surface area contributed by atoms with Crippen LogP contribution in [0.5, 0.6) is 0 Å². The number of rotatable bonds is 2. The van der Waals surface area contributed by atoms with E-state index in [0.717, 1.165) is 12.8 Å². The average molecular weight is 278 g/mol. The van der Waals surface area contributed by atoms with Crippen LogP contribution in [0.2, 0.25) is 0 Å². The maximum Gasteiger partial charge on any atom is 0.0662 e. The number of hydrogen-bond donors (Lipinski definition) is 1. The molecule has 0 amide bonds. The Balaban J connectivity index is 2.02. The van der Waals surface area contributed by atoms with Crippen LogP contribution in [0.3, 0.4) is 0 Å². The molecular formula is C17H26OS. The van der Waals surface area contributed by atoms with Gasteiger partial charge in [0.2, 0.25) is 0 Å². The van der Waals surface area contributed by atoms with Gasteiger partial charge in [-0.15, -0.1) is 11.8 Å². The predicted octanol–water partition coefficient (Wildman–Crippen LogP) is 4.77. The lowest BCUT2D eigenvalue weighted by atomic mass is 9.87. The number of benzene rings is 1. The highest BCUT2D eigenvalue weighted by Crippen LogP contribution is 2.34. The lowest BCUT2D eigenvalue weighted by Gasteiger charge is -2.21. The molecule has 1 N–H and O–H groups in total. The SMILES string of the molecule is CC(C)(C)c1ccc(S[C@H]2CCCCC[C@H]2O)cc1. The zero-order chi connectivity index (χ0) is 13.9. The van der Waals surface area contributed by atoms with Crippen molar-refractivity contribution >= 4 is 11.8 Å². The van der Waals surface area contributed by atoms with Crippen molar-refractivity contribution in [2.24, 2.45) is 0 Å². The first-order chi connectivity index (χ1) is 8.97. The predicted molar refractivity (Wildman–Crippen MR) is 83.9 cm³/mol. The van der Waals surface area contributed by atoms with E-state index in [1.807, 2.05) is 11.8 Å². The Kier molecular flexibility index (Phi) is 4.97. The molecule has 0 bridgehead atoms. The van der Waals surface area contributed by atoms with E-state index < -0.39 is 0 Å². The zero-order valence-electron chi connectivity index (χ0n) is 12.4. The summed E-state index contributed by atoms with van der Waals surface area (Å²) in [7, 11) is 0. The molecule has 2 rings (SSSR count). The van der Waals surface area contributed by atoms with Crippen LogP contribution in [0.1, 0.15) is 58.4 Å². The number of hydrogen-bond acceptors (Lipinski definition) is 2. The minimum Gasteiger partial charge on any atom is -0.392 e. The van der Waals surface area contributed by atoms with Gasteiger partial charge in [-0.25, -0.2) is 0 Å². The summed E-state index contributed by atoms with van der Waals surface area (Å²) in [6, 6.07) is 8.88. The summed E-state index contributed by atoms with van der Waals surface area (Å²) < 4.78 is 0. The van der Waals surface area contributed by atoms with Gasteiger partial charge in [0.1, 0.15) is 0 Å². The fraction of sp³-hybridized carbons (Fsp3) is 0.647. The Morgan fingerprint density at radius 3 is 2.26 bits per heavy atom. The molecule has 1 aliphatic rings. The fourth-order valence-electron chi connectivity index (χ4n) is 2.60. The van der Waals surface area contributed by atoms with Crippen molar-refractivity contribution < 1.29 is 5.11 Å². The van der Waals surface area contributed by atoms with Crippen LogP contribution in [0.4, 0.5) is 0 Å². The van der Waals surface area contributed by atoms with Crippen molar-refractivity contribution in [3.8, 4) is 0 Å². The van der Waals surface area contributed by atoms with E-state index in [2.05, 4.69) is 45.0 Å². The molecule has 1 aliphatic carbocycles. The molecule has 0 heterocycles. The van der Waals surface area contributed by atoms with Gasteiger partial charge in [0.15, 0.2) is 0 Å². The number of aliphatic hydroxyl groups is 1. The quantitative estimate of drug-likeness (QED) is 0.786. The smallest absolute Gasteiger partial charge is 0.0662 e. The topological polar surface area (TPSA) is 20.2 Å². The molecule has 1 aromatic rings. The summed E-state index contributed by atoms with van der Waals surface area (Å²) >= 11 is 1.86. The maximum atomic E-state index is 10.2. The van der Waals surface area contributed by atoms with Crippen LogP contribution >= 0.6 is 11.8 Å². The van der Waals surface area contributed by atoms with Gasteiger partial charge in [0.05, 0.1) is 6.10 Å². The maximum absolute atomic E-state index is 10.2. The molecule has 1 saturated carbocycles. The van der Waals surface area contributed by atoms with Crippen molar-refractivity contribution in [2.75, 3.05) is 0 Å². The molecule has 0 aliphatic heterocycles. The van der Waals surface area contributed by atoms with E-state index >= 15 is 0 Å². The molecule has 19 heavy (non-hydrogen) atoms. The number of aliphatic hydroxyl groups excluding tert-OH is 1. The van der Waals surface area contributed by atoms with Gasteiger partial charge in [-0.3, -0.25) is 0 Å². The molecule has 2 heteroatoms. The van der Waals surface area contributed by atoms with E-state index in [1.54, 1.807) is 0 Å². The minimum atomic E-state index is -0.130. The minimum absolute atomic E-state index is 0.130. The lowest BCUT2D eigenvalue weighted by Crippen LogP contribution is -2.21. The van der Waals surface area contributed by atoms with Gasteiger partial charge in [0.25, 0.3) is 0 Å². The molecule has 2 atom stereocenters. The first-order valence-corrected chi connectivity index (χ1v) is 8.30. The van der Waals surface area contributed by atoms with Gasteiger partial charge in [-0.1, -0.05) is 52.2 Å². The molecular weight excluding hydrogens is 252 g/mol. The highest BCUT2D eigenvalue weighted by atomic mass is 32.2. The van der Waals surface area contributed by atoms with E-state index in [-0.39, 0.29) is 11.5 Å². The van der Waals surface area contributed by atoms with Gasteiger partial charge in [0, 0.05) is 10.1 Å². The third kappa shape index (κ3) is 4.25. The Morgan fingerprint density at radius 2 is 1.63 bits per heavy atom. The second-order valence-electron chi connectivity index (χ2n) is 6.64. The van der Waals surface area contributed by atoms with Crippen molar-refractivity contribution in [1.29, 1.82) is 0 Å². The van der Waals surface area contributed by atoms with Crippen molar-refractivity contribution in [1.82, 2.24) is 0 Å². The molecule has 0 spiro atoms. The highest BCUT2D eigenvalue weighted by molar-refractivity contribution is 8.00. The van der Waals surface area contributed by atoms with Crippen molar-refractivity contribution in [3.05, 3.63) is 29.8 Å². The second kappa shape index (κ2) is 6.32. The van der Waals surface area contributed by atoms with Crippen LogP contribution in [0, 0.1) is 0 Å². The summed E-state index contributed by atoms with van der Waals surface area (Å²) in [5.74, 6) is 0. The summed E-state index contributed by atoms with van der Waals surface area (Å²) in [6.45, 7) is 6.72. The van der Waals surface area contributed by atoms with Crippen molar-refractivity contribution in [3.63, 3.8) is 0 Å². The second-order valence-corrected chi connectivity index (χ2v) is 7.95. The van der Waals surface area contributed by atoms with E-state index in [9.17, 15) is 5.11 Å². The zero-order valence-corrected chi connectivity index (χ0v) is 13.2. The third-order valence-corrected chi connectivity index (χ3v) is 5.32. The van der Waals surface area contributed by atoms with E-state index in [0.29, 0.717) is 5.25 Å². The molecule has 0 radical (unpaired) electrons. The van der Waals surface area contributed by atoms with Gasteiger partial charge >= 0.3 is 0 Å². The van der Waals surface area contributed by atoms with Crippen molar-refractivity contribution in [2.45, 2.75) is 74.5 Å². The normalized spacial score (nSPS) is 25.1. The molecule has 0 saturated heterocycles. The molecule has 0 unspecified atom stereocenters. The molecule has 1 aromatic carbocycles. The third-order valence-electron chi connectivity index (χ3n) is 3.93. The average Bonchev–Trinajstić information content (AvgIpc) is 2.55. The van der Waals surface area contributed by atoms with Crippen LogP contribution in [-0.4, -0.2) is 16.5 Å². The number of thioether (sulfide) groups is 1. The first-order valence-electron chi connectivity index (χ1n) is 7.42. The molecule has 1 fully saturated rings. The van der Waals surface area contributed by atoms with Gasteiger partial charge in [-0.2, -0.15) is 0 Å². The Bertz CT molecular complexity index is 391. The Hall–Kier alpha value is -0.470. The molecule has 0 aromatic heterocycles. The standard InChI is InChI=1S/C17H26OS/c1-17(2,3)13-9-11-14(12-10-13)19-16-8-6-4-5-7-15(16)18/h9-12,15-16,18H,4-8H2,1-3H3/t15-,16+/m1/s1. The summed E-state index contributed by atoms with van der Waals surface area (Å²) in [5, 5.41) is 10.6. The molecule has 106 valence electrons. The summed E-state index contributed by atoms with van der Waals surface area (Å²) in [6.07, 6.45) is 5.70. The Labute approximate surface area is 121 Å². The summed E-state index contributed by atoms with van der Waals surface area (Å²) in [5.41, 5.74) is 1.59. The monoisotopic (exact) mass is 278 g/mol. The van der Waals surface area contributed by atoms with E-state index in [4.69, 9.17) is 0 Å². The lowest BCUT2D eigenvalue weighted by molar-refractivity contribution is 0.163. The van der Waals surface area contributed by atoms with Crippen LogP contribution in [-0.2, 0) is 5.41 Å². The van der Waals surface area contributed by atoms with Crippen LogP contribution in [0.25, 0.3) is 0 Å². The van der Waals surface area contributed by atoms with Crippen LogP contribution in [0.15, 0.2) is 29.2 Å². The van der Waals surface area contributed by atoms with Gasteiger partial charge < -0.3 is 5.11 Å². The summed E-state index contributed by atoms with van der Waals surface area (Å²) in [4.78, 5) is 1.29. The molecule has 1 nitrogen and oxygen atoms in total. The van der Waals surface area contributed by atoms with Crippen LogP contribution < -0.4 is 0 Å². The fourth-order valence-corrected chi connectivity index (χ4v) is 3.82. The first kappa shape index (κ1) is 14.9. The largest absolute Gasteiger partial charge is 0.392 e. The van der Waals surface area contributed by atoms with Gasteiger partial charge in [-0.05, 0) is 36.0 Å².